The Hall–Kier alpha value is -2.44. The van der Waals surface area contributed by atoms with Crippen molar-refractivity contribution in [2.24, 2.45) is 0 Å². The van der Waals surface area contributed by atoms with Crippen molar-refractivity contribution >= 4 is 23.4 Å². The lowest BCUT2D eigenvalue weighted by molar-refractivity contribution is 0.174. The van der Waals surface area contributed by atoms with Gasteiger partial charge >= 0.3 is 0 Å². The van der Waals surface area contributed by atoms with E-state index in [0.29, 0.717) is 21.7 Å². The predicted octanol–water partition coefficient (Wildman–Crippen LogP) is 4.83. The molecular weight excluding hydrogens is 372 g/mol. The first-order chi connectivity index (χ1) is 12.7. The first kappa shape index (κ1) is 17.0. The first-order valence-corrected chi connectivity index (χ1v) is 9.27. The molecule has 0 saturated carbocycles. The summed E-state index contributed by atoms with van der Waals surface area (Å²) in [6.07, 6.45) is 1.76. The quantitative estimate of drug-likeness (QED) is 0.462. The fourth-order valence-corrected chi connectivity index (χ4v) is 3.67. The Bertz CT molecular complexity index is 935. The maximum Gasteiger partial charge on any atom is 0.231 e. The van der Waals surface area contributed by atoms with E-state index in [1.807, 2.05) is 36.4 Å². The highest BCUT2D eigenvalue weighted by Crippen LogP contribution is 2.38. The molecule has 0 unspecified atom stereocenters. The van der Waals surface area contributed by atoms with E-state index in [9.17, 15) is 0 Å². The van der Waals surface area contributed by atoms with Crippen LogP contribution in [0.3, 0.4) is 0 Å². The number of halogens is 1. The fraction of sp³-hybridized carbons (Fsp3) is 0.158. The van der Waals surface area contributed by atoms with Crippen molar-refractivity contribution in [2.45, 2.75) is 10.9 Å². The van der Waals surface area contributed by atoms with Crippen molar-refractivity contribution in [3.8, 4) is 28.5 Å². The smallest absolute Gasteiger partial charge is 0.231 e. The standard InChI is InChI=1S/C19H15ClN2O3S/c1-23-14-4-2-12(3-5-14)16-6-7-21-19(22-16)26-10-13-8-17-18(9-15(13)20)25-11-24-17/h2-9H,10-11H2,1H3. The van der Waals surface area contributed by atoms with Crippen LogP contribution in [-0.2, 0) is 5.75 Å². The van der Waals surface area contributed by atoms with Gasteiger partial charge in [0, 0.05) is 28.6 Å². The molecule has 2 heterocycles. The Balaban J connectivity index is 1.50. The van der Waals surface area contributed by atoms with Gasteiger partial charge < -0.3 is 14.2 Å². The molecule has 3 aromatic rings. The summed E-state index contributed by atoms with van der Waals surface area (Å²) in [4.78, 5) is 8.97. The molecule has 0 spiro atoms. The van der Waals surface area contributed by atoms with Crippen molar-refractivity contribution in [1.82, 2.24) is 9.97 Å². The van der Waals surface area contributed by atoms with Crippen LogP contribution in [0.4, 0.5) is 0 Å². The molecule has 1 aliphatic rings. The number of hydrogen-bond donors (Lipinski definition) is 0. The number of benzene rings is 2. The van der Waals surface area contributed by atoms with Gasteiger partial charge in [0.05, 0.1) is 12.8 Å². The van der Waals surface area contributed by atoms with Gasteiger partial charge in [0.25, 0.3) is 0 Å². The van der Waals surface area contributed by atoms with Gasteiger partial charge in [-0.05, 0) is 42.0 Å². The van der Waals surface area contributed by atoms with Crippen LogP contribution >= 0.6 is 23.4 Å². The van der Waals surface area contributed by atoms with Gasteiger partial charge in [0.2, 0.25) is 6.79 Å². The summed E-state index contributed by atoms with van der Waals surface area (Å²) in [5, 5.41) is 1.33. The predicted molar refractivity (Wildman–Crippen MR) is 101 cm³/mol. The van der Waals surface area contributed by atoms with Crippen LogP contribution < -0.4 is 14.2 Å². The monoisotopic (exact) mass is 386 g/mol. The van der Waals surface area contributed by atoms with Crippen LogP contribution in [-0.4, -0.2) is 23.9 Å². The lowest BCUT2D eigenvalue weighted by atomic mass is 10.1. The topological polar surface area (TPSA) is 53.5 Å². The van der Waals surface area contributed by atoms with E-state index in [1.165, 1.54) is 11.8 Å². The zero-order chi connectivity index (χ0) is 17.9. The second-order valence-electron chi connectivity index (χ2n) is 5.54. The molecule has 26 heavy (non-hydrogen) atoms. The van der Waals surface area contributed by atoms with E-state index in [-0.39, 0.29) is 6.79 Å². The summed E-state index contributed by atoms with van der Waals surface area (Å²) in [7, 11) is 1.65. The molecule has 1 aromatic heterocycles. The Morgan fingerprint density at radius 3 is 2.65 bits per heavy atom. The molecule has 0 atom stereocenters. The molecule has 7 heteroatoms. The molecule has 1 aliphatic heterocycles. The molecule has 0 bridgehead atoms. The highest BCUT2D eigenvalue weighted by atomic mass is 35.5. The average molecular weight is 387 g/mol. The molecule has 0 aliphatic carbocycles. The second kappa shape index (κ2) is 7.43. The molecule has 0 N–H and O–H groups in total. The van der Waals surface area contributed by atoms with Gasteiger partial charge in [-0.2, -0.15) is 0 Å². The summed E-state index contributed by atoms with van der Waals surface area (Å²) >= 11 is 7.85. The number of fused-ring (bicyclic) bond motifs is 1. The molecule has 0 amide bonds. The molecule has 0 saturated heterocycles. The van der Waals surface area contributed by atoms with Crippen LogP contribution in [0.15, 0.2) is 53.8 Å². The number of ether oxygens (including phenoxy) is 3. The Labute approximate surface area is 160 Å². The molecule has 0 radical (unpaired) electrons. The van der Waals surface area contributed by atoms with Gasteiger partial charge in [0.1, 0.15) is 5.75 Å². The Kier molecular flexibility index (Phi) is 4.86. The van der Waals surface area contributed by atoms with Crippen molar-refractivity contribution < 1.29 is 14.2 Å². The van der Waals surface area contributed by atoms with Crippen LogP contribution in [0.25, 0.3) is 11.3 Å². The molecular formula is C19H15ClN2O3S. The van der Waals surface area contributed by atoms with Gasteiger partial charge in [-0.3, -0.25) is 0 Å². The second-order valence-corrected chi connectivity index (χ2v) is 6.89. The summed E-state index contributed by atoms with van der Waals surface area (Å²) < 4.78 is 15.9. The summed E-state index contributed by atoms with van der Waals surface area (Å²) in [5.74, 6) is 2.86. The number of thioether (sulfide) groups is 1. The van der Waals surface area contributed by atoms with E-state index in [2.05, 4.69) is 9.97 Å². The number of rotatable bonds is 5. The number of hydrogen-bond acceptors (Lipinski definition) is 6. The van der Waals surface area contributed by atoms with Gasteiger partial charge in [-0.1, -0.05) is 23.4 Å². The van der Waals surface area contributed by atoms with E-state index in [4.69, 9.17) is 25.8 Å². The minimum atomic E-state index is 0.231. The zero-order valence-corrected chi connectivity index (χ0v) is 15.5. The third-order valence-electron chi connectivity index (χ3n) is 3.92. The van der Waals surface area contributed by atoms with Crippen molar-refractivity contribution in [2.75, 3.05) is 13.9 Å². The lowest BCUT2D eigenvalue weighted by Crippen LogP contribution is -1.93. The first-order valence-electron chi connectivity index (χ1n) is 7.91. The third-order valence-corrected chi connectivity index (χ3v) is 5.18. The SMILES string of the molecule is COc1ccc(-c2ccnc(SCc3cc4c(cc3Cl)OCO4)n2)cc1. The zero-order valence-electron chi connectivity index (χ0n) is 13.9. The summed E-state index contributed by atoms with van der Waals surface area (Å²) in [5.41, 5.74) is 2.83. The maximum atomic E-state index is 6.33. The fourth-order valence-electron chi connectivity index (χ4n) is 2.55. The molecule has 2 aromatic carbocycles. The van der Waals surface area contributed by atoms with Crippen LogP contribution in [0.2, 0.25) is 5.02 Å². The van der Waals surface area contributed by atoms with E-state index in [1.54, 1.807) is 19.4 Å². The Morgan fingerprint density at radius 2 is 1.88 bits per heavy atom. The number of aromatic nitrogens is 2. The van der Waals surface area contributed by atoms with Crippen molar-refractivity contribution in [1.29, 1.82) is 0 Å². The van der Waals surface area contributed by atoms with Crippen LogP contribution in [0.5, 0.6) is 17.2 Å². The number of methoxy groups -OCH3 is 1. The Morgan fingerprint density at radius 1 is 1.12 bits per heavy atom. The average Bonchev–Trinajstić information content (AvgIpc) is 3.13. The largest absolute Gasteiger partial charge is 0.497 e. The molecule has 0 fully saturated rings. The van der Waals surface area contributed by atoms with E-state index < -0.39 is 0 Å². The van der Waals surface area contributed by atoms with Gasteiger partial charge in [-0.15, -0.1) is 0 Å². The van der Waals surface area contributed by atoms with Crippen molar-refractivity contribution in [3.05, 3.63) is 59.2 Å². The highest BCUT2D eigenvalue weighted by molar-refractivity contribution is 7.98. The lowest BCUT2D eigenvalue weighted by Gasteiger charge is -2.07. The minimum absolute atomic E-state index is 0.231. The molecule has 132 valence electrons. The minimum Gasteiger partial charge on any atom is -0.497 e. The summed E-state index contributed by atoms with van der Waals surface area (Å²) in [6.45, 7) is 0.231. The maximum absolute atomic E-state index is 6.33. The van der Waals surface area contributed by atoms with E-state index in [0.717, 1.165) is 28.3 Å². The third kappa shape index (κ3) is 3.57. The van der Waals surface area contributed by atoms with Crippen molar-refractivity contribution in [3.63, 3.8) is 0 Å². The van der Waals surface area contributed by atoms with E-state index >= 15 is 0 Å². The van der Waals surface area contributed by atoms with Gasteiger partial charge in [-0.25, -0.2) is 9.97 Å². The summed E-state index contributed by atoms with van der Waals surface area (Å²) in [6, 6.07) is 13.4. The normalized spacial score (nSPS) is 12.2. The highest BCUT2D eigenvalue weighted by Gasteiger charge is 2.17. The molecule has 4 rings (SSSR count). The molecule has 5 nitrogen and oxygen atoms in total. The van der Waals surface area contributed by atoms with Gasteiger partial charge in [0.15, 0.2) is 16.7 Å². The number of nitrogens with zero attached hydrogens (tertiary/aromatic N) is 2. The van der Waals surface area contributed by atoms with Crippen LogP contribution in [0.1, 0.15) is 5.56 Å². The van der Waals surface area contributed by atoms with Crippen LogP contribution in [0, 0.1) is 0 Å².